The Labute approximate surface area is 160 Å². The number of guanidine groups is 1. The van der Waals surface area contributed by atoms with Crippen LogP contribution in [0, 0.1) is 0 Å². The third-order valence-electron chi connectivity index (χ3n) is 4.48. The van der Waals surface area contributed by atoms with E-state index in [1.165, 1.54) is 0 Å². The van der Waals surface area contributed by atoms with Crippen LogP contribution in [0.25, 0.3) is 0 Å². The lowest BCUT2D eigenvalue weighted by Crippen LogP contribution is -2.53. The van der Waals surface area contributed by atoms with Crippen LogP contribution in [-0.4, -0.2) is 72.1 Å². The molecule has 0 bridgehead atoms. The molecular formula is C19H28N8. The summed E-state index contributed by atoms with van der Waals surface area (Å²) in [6, 6.07) is 7.75. The van der Waals surface area contributed by atoms with Gasteiger partial charge in [-0.05, 0) is 31.0 Å². The molecule has 2 N–H and O–H groups in total. The third-order valence-corrected chi connectivity index (χ3v) is 4.48. The van der Waals surface area contributed by atoms with Gasteiger partial charge in [0.25, 0.3) is 0 Å². The molecule has 0 aromatic carbocycles. The summed E-state index contributed by atoms with van der Waals surface area (Å²) >= 11 is 0. The number of aromatic nitrogens is 3. The monoisotopic (exact) mass is 368 g/mol. The molecule has 0 amide bonds. The molecule has 3 rings (SSSR count). The molecule has 0 saturated carbocycles. The minimum absolute atomic E-state index is 0.806. The molecule has 0 radical (unpaired) electrons. The number of pyridine rings is 1. The van der Waals surface area contributed by atoms with Gasteiger partial charge in [0, 0.05) is 64.9 Å². The average Bonchev–Trinajstić information content (AvgIpc) is 2.75. The van der Waals surface area contributed by atoms with Crippen molar-refractivity contribution in [1.29, 1.82) is 0 Å². The van der Waals surface area contributed by atoms with Gasteiger partial charge >= 0.3 is 0 Å². The Balaban J connectivity index is 1.32. The second kappa shape index (κ2) is 10.3. The van der Waals surface area contributed by atoms with E-state index in [-0.39, 0.29) is 0 Å². The van der Waals surface area contributed by atoms with Crippen molar-refractivity contribution in [1.82, 2.24) is 25.2 Å². The topological polar surface area (TPSA) is 81.6 Å². The molecule has 1 aliphatic rings. The van der Waals surface area contributed by atoms with Crippen LogP contribution in [0.4, 0.5) is 11.8 Å². The standard InChI is InChI=1S/C19H28N8/c1-20-18(23-10-5-4-9-22-17-7-2-3-8-21-17)26-13-15-27(16-14-26)19-24-11-6-12-25-19/h2-3,6-8,11-12H,4-5,9-10,13-16H2,1H3,(H,20,23)(H,21,22). The first-order valence-corrected chi connectivity index (χ1v) is 9.49. The Morgan fingerprint density at radius 2 is 1.70 bits per heavy atom. The van der Waals surface area contributed by atoms with Gasteiger partial charge < -0.3 is 20.4 Å². The summed E-state index contributed by atoms with van der Waals surface area (Å²) in [6.45, 7) is 5.47. The highest BCUT2D eigenvalue weighted by molar-refractivity contribution is 5.80. The van der Waals surface area contributed by atoms with Crippen molar-refractivity contribution in [2.75, 3.05) is 56.5 Å². The normalized spacial score (nSPS) is 14.9. The fourth-order valence-corrected chi connectivity index (χ4v) is 3.04. The van der Waals surface area contributed by atoms with Crippen molar-refractivity contribution < 1.29 is 0 Å². The molecular weight excluding hydrogens is 340 g/mol. The van der Waals surface area contributed by atoms with Gasteiger partial charge in [-0.25, -0.2) is 15.0 Å². The summed E-state index contributed by atoms with van der Waals surface area (Å²) in [5, 5.41) is 6.81. The van der Waals surface area contributed by atoms with E-state index in [0.717, 1.165) is 69.8 Å². The highest BCUT2D eigenvalue weighted by Crippen LogP contribution is 2.09. The maximum absolute atomic E-state index is 4.43. The Kier molecular flexibility index (Phi) is 7.20. The molecule has 8 nitrogen and oxygen atoms in total. The quantitative estimate of drug-likeness (QED) is 0.435. The maximum Gasteiger partial charge on any atom is 0.225 e. The van der Waals surface area contributed by atoms with E-state index in [4.69, 9.17) is 0 Å². The molecule has 3 heterocycles. The smallest absolute Gasteiger partial charge is 0.225 e. The van der Waals surface area contributed by atoms with Crippen LogP contribution in [-0.2, 0) is 0 Å². The number of unbranched alkanes of at least 4 members (excludes halogenated alkanes) is 1. The molecule has 2 aromatic heterocycles. The number of aliphatic imine (C=N–C) groups is 1. The number of nitrogens with zero attached hydrogens (tertiary/aromatic N) is 6. The summed E-state index contributed by atoms with van der Waals surface area (Å²) < 4.78 is 0. The van der Waals surface area contributed by atoms with Crippen molar-refractivity contribution in [2.24, 2.45) is 4.99 Å². The van der Waals surface area contributed by atoms with Crippen LogP contribution in [0.15, 0.2) is 47.8 Å². The average molecular weight is 368 g/mol. The Morgan fingerprint density at radius 1 is 0.963 bits per heavy atom. The van der Waals surface area contributed by atoms with Gasteiger partial charge in [-0.3, -0.25) is 4.99 Å². The Hall–Kier alpha value is -2.90. The SMILES string of the molecule is CN=C(NCCCCNc1ccccn1)N1CCN(c2ncccn2)CC1. The fourth-order valence-electron chi connectivity index (χ4n) is 3.04. The van der Waals surface area contributed by atoms with Gasteiger partial charge in [-0.2, -0.15) is 0 Å². The van der Waals surface area contributed by atoms with Gasteiger partial charge in [-0.15, -0.1) is 0 Å². The number of hydrogen-bond acceptors (Lipinski definition) is 6. The molecule has 2 aromatic rings. The number of piperazine rings is 1. The predicted octanol–water partition coefficient (Wildman–Crippen LogP) is 1.46. The lowest BCUT2D eigenvalue weighted by atomic mass is 10.3. The Morgan fingerprint density at radius 3 is 2.41 bits per heavy atom. The highest BCUT2D eigenvalue weighted by atomic mass is 15.4. The molecule has 0 aliphatic carbocycles. The van der Waals surface area contributed by atoms with Crippen LogP contribution < -0.4 is 15.5 Å². The first-order chi connectivity index (χ1) is 13.4. The van der Waals surface area contributed by atoms with Crippen LogP contribution >= 0.6 is 0 Å². The minimum Gasteiger partial charge on any atom is -0.370 e. The second-order valence-corrected chi connectivity index (χ2v) is 6.35. The third kappa shape index (κ3) is 5.80. The number of anilines is 2. The zero-order valence-electron chi connectivity index (χ0n) is 15.9. The number of rotatable bonds is 7. The predicted molar refractivity (Wildman–Crippen MR) is 109 cm³/mol. The van der Waals surface area contributed by atoms with Crippen LogP contribution in [0.1, 0.15) is 12.8 Å². The summed E-state index contributed by atoms with van der Waals surface area (Å²) in [5.74, 6) is 2.71. The van der Waals surface area contributed by atoms with Crippen LogP contribution in [0.3, 0.4) is 0 Å². The molecule has 0 atom stereocenters. The number of nitrogens with one attached hydrogen (secondary N) is 2. The van der Waals surface area contributed by atoms with E-state index >= 15 is 0 Å². The van der Waals surface area contributed by atoms with E-state index < -0.39 is 0 Å². The molecule has 1 saturated heterocycles. The van der Waals surface area contributed by atoms with Crippen LogP contribution in [0.5, 0.6) is 0 Å². The largest absolute Gasteiger partial charge is 0.370 e. The van der Waals surface area contributed by atoms with E-state index in [9.17, 15) is 0 Å². The van der Waals surface area contributed by atoms with Gasteiger partial charge in [0.2, 0.25) is 5.95 Å². The maximum atomic E-state index is 4.43. The van der Waals surface area contributed by atoms with E-state index in [2.05, 4.69) is 40.4 Å². The van der Waals surface area contributed by atoms with Crippen LogP contribution in [0.2, 0.25) is 0 Å². The Bertz CT molecular complexity index is 683. The molecule has 0 spiro atoms. The molecule has 144 valence electrons. The first-order valence-electron chi connectivity index (χ1n) is 9.49. The summed E-state index contributed by atoms with van der Waals surface area (Å²) in [4.78, 5) is 21.9. The van der Waals surface area contributed by atoms with E-state index in [1.807, 2.05) is 31.3 Å². The van der Waals surface area contributed by atoms with Crippen molar-refractivity contribution in [3.63, 3.8) is 0 Å². The molecule has 0 unspecified atom stereocenters. The van der Waals surface area contributed by atoms with E-state index in [0.29, 0.717) is 0 Å². The van der Waals surface area contributed by atoms with Crippen molar-refractivity contribution >= 4 is 17.7 Å². The molecule has 27 heavy (non-hydrogen) atoms. The first kappa shape index (κ1) is 18.9. The summed E-state index contributed by atoms with van der Waals surface area (Å²) in [7, 11) is 1.84. The lowest BCUT2D eigenvalue weighted by Gasteiger charge is -2.36. The molecule has 1 fully saturated rings. The number of hydrogen-bond donors (Lipinski definition) is 2. The van der Waals surface area contributed by atoms with Gasteiger partial charge in [0.15, 0.2) is 5.96 Å². The fraction of sp³-hybridized carbons (Fsp3) is 0.474. The molecule has 8 heteroatoms. The highest BCUT2D eigenvalue weighted by Gasteiger charge is 2.20. The van der Waals surface area contributed by atoms with Crippen molar-refractivity contribution in [2.45, 2.75) is 12.8 Å². The van der Waals surface area contributed by atoms with Gasteiger partial charge in [-0.1, -0.05) is 6.07 Å². The zero-order valence-corrected chi connectivity index (χ0v) is 15.9. The summed E-state index contributed by atoms with van der Waals surface area (Å²) in [5.41, 5.74) is 0. The van der Waals surface area contributed by atoms with Gasteiger partial charge in [0.1, 0.15) is 5.82 Å². The zero-order chi connectivity index (χ0) is 18.7. The summed E-state index contributed by atoms with van der Waals surface area (Å²) in [6.07, 6.45) is 7.55. The van der Waals surface area contributed by atoms with Crippen molar-refractivity contribution in [3.05, 3.63) is 42.9 Å². The van der Waals surface area contributed by atoms with E-state index in [1.54, 1.807) is 18.6 Å². The van der Waals surface area contributed by atoms with Gasteiger partial charge in [0.05, 0.1) is 0 Å². The minimum atomic E-state index is 0.806. The lowest BCUT2D eigenvalue weighted by molar-refractivity contribution is 0.370. The second-order valence-electron chi connectivity index (χ2n) is 6.35. The van der Waals surface area contributed by atoms with Crippen molar-refractivity contribution in [3.8, 4) is 0 Å². The molecule has 1 aliphatic heterocycles.